The Labute approximate surface area is 160 Å². The van der Waals surface area contributed by atoms with Crippen molar-refractivity contribution in [3.8, 4) is 22.8 Å². The maximum Gasteiger partial charge on any atom is 0.253 e. The SMILES string of the molecule is CN(C)C(=O)c1cccc(Oc2ncnc3scc(-c4ccccc4)c23)c1. The largest absolute Gasteiger partial charge is 0.438 e. The highest BCUT2D eigenvalue weighted by atomic mass is 32.1. The molecule has 0 N–H and O–H groups in total. The van der Waals surface area contributed by atoms with Crippen LogP contribution in [0.2, 0.25) is 0 Å². The number of carbonyl (C=O) groups excluding carboxylic acids is 1. The van der Waals surface area contributed by atoms with Gasteiger partial charge in [0.05, 0.1) is 5.39 Å². The van der Waals surface area contributed by atoms with Gasteiger partial charge in [0.2, 0.25) is 5.88 Å². The molecule has 0 aliphatic rings. The number of ether oxygens (including phenoxy) is 1. The first-order valence-corrected chi connectivity index (χ1v) is 9.28. The fraction of sp³-hybridized carbons (Fsp3) is 0.0952. The number of aromatic nitrogens is 2. The van der Waals surface area contributed by atoms with Gasteiger partial charge in [-0.15, -0.1) is 11.3 Å². The number of fused-ring (bicyclic) bond motifs is 1. The number of hydrogen-bond acceptors (Lipinski definition) is 5. The van der Waals surface area contributed by atoms with Gasteiger partial charge in [-0.3, -0.25) is 4.79 Å². The zero-order valence-corrected chi connectivity index (χ0v) is 15.7. The molecule has 27 heavy (non-hydrogen) atoms. The molecule has 0 saturated heterocycles. The van der Waals surface area contributed by atoms with E-state index in [9.17, 15) is 4.79 Å². The van der Waals surface area contributed by atoms with Crippen LogP contribution in [0.25, 0.3) is 21.3 Å². The zero-order valence-electron chi connectivity index (χ0n) is 14.9. The number of benzene rings is 2. The Morgan fingerprint density at radius 3 is 2.63 bits per heavy atom. The third kappa shape index (κ3) is 3.39. The molecule has 0 saturated carbocycles. The third-order valence-electron chi connectivity index (χ3n) is 4.12. The Morgan fingerprint density at radius 1 is 1.04 bits per heavy atom. The molecule has 0 bridgehead atoms. The highest BCUT2D eigenvalue weighted by Crippen LogP contribution is 2.38. The first-order valence-electron chi connectivity index (χ1n) is 8.40. The van der Waals surface area contributed by atoms with E-state index >= 15 is 0 Å². The molecule has 1 amide bonds. The van der Waals surface area contributed by atoms with Crippen LogP contribution in [-0.4, -0.2) is 34.9 Å². The lowest BCUT2D eigenvalue weighted by molar-refractivity contribution is 0.0827. The summed E-state index contributed by atoms with van der Waals surface area (Å²) in [7, 11) is 3.45. The number of rotatable bonds is 4. The number of amides is 1. The molecule has 5 nitrogen and oxygen atoms in total. The van der Waals surface area contributed by atoms with Crippen LogP contribution in [0.5, 0.6) is 11.6 Å². The van der Waals surface area contributed by atoms with E-state index in [0.29, 0.717) is 17.2 Å². The highest BCUT2D eigenvalue weighted by Gasteiger charge is 2.15. The molecule has 0 fully saturated rings. The Kier molecular flexibility index (Phi) is 4.56. The Balaban J connectivity index is 1.76. The predicted octanol–water partition coefficient (Wildman–Crippen LogP) is 4.85. The normalized spacial score (nSPS) is 10.7. The van der Waals surface area contributed by atoms with Crippen molar-refractivity contribution >= 4 is 27.5 Å². The van der Waals surface area contributed by atoms with Crippen LogP contribution in [0.15, 0.2) is 66.3 Å². The highest BCUT2D eigenvalue weighted by molar-refractivity contribution is 7.17. The van der Waals surface area contributed by atoms with Gasteiger partial charge in [0.25, 0.3) is 5.91 Å². The maximum atomic E-state index is 12.2. The molecule has 2 aromatic heterocycles. The molecule has 0 spiro atoms. The first kappa shape index (κ1) is 17.2. The van der Waals surface area contributed by atoms with E-state index in [2.05, 4.69) is 27.5 Å². The van der Waals surface area contributed by atoms with Gasteiger partial charge in [-0.2, -0.15) is 0 Å². The van der Waals surface area contributed by atoms with E-state index < -0.39 is 0 Å². The summed E-state index contributed by atoms with van der Waals surface area (Å²) in [6.45, 7) is 0. The summed E-state index contributed by atoms with van der Waals surface area (Å²) in [6.07, 6.45) is 1.50. The average Bonchev–Trinajstić information content (AvgIpc) is 3.13. The van der Waals surface area contributed by atoms with E-state index in [-0.39, 0.29) is 5.91 Å². The predicted molar refractivity (Wildman–Crippen MR) is 107 cm³/mol. The first-order chi connectivity index (χ1) is 13.1. The van der Waals surface area contributed by atoms with Crippen molar-refractivity contribution in [3.63, 3.8) is 0 Å². The molecular weight excluding hydrogens is 358 g/mol. The summed E-state index contributed by atoms with van der Waals surface area (Å²) >= 11 is 1.55. The van der Waals surface area contributed by atoms with E-state index in [0.717, 1.165) is 21.3 Å². The van der Waals surface area contributed by atoms with Crippen LogP contribution in [-0.2, 0) is 0 Å². The zero-order chi connectivity index (χ0) is 18.8. The topological polar surface area (TPSA) is 55.3 Å². The van der Waals surface area contributed by atoms with Crippen molar-refractivity contribution in [2.24, 2.45) is 0 Å². The summed E-state index contributed by atoms with van der Waals surface area (Å²) in [5.74, 6) is 0.969. The van der Waals surface area contributed by atoms with E-state index in [1.807, 2.05) is 24.3 Å². The van der Waals surface area contributed by atoms with Gasteiger partial charge in [-0.05, 0) is 23.8 Å². The van der Waals surface area contributed by atoms with Gasteiger partial charge < -0.3 is 9.64 Å². The molecule has 0 aliphatic heterocycles. The molecule has 4 rings (SSSR count). The van der Waals surface area contributed by atoms with Crippen LogP contribution in [0, 0.1) is 0 Å². The number of nitrogens with zero attached hydrogens (tertiary/aromatic N) is 3. The van der Waals surface area contributed by atoms with E-state index in [1.54, 1.807) is 43.6 Å². The van der Waals surface area contributed by atoms with Crippen LogP contribution in [0.1, 0.15) is 10.4 Å². The van der Waals surface area contributed by atoms with Crippen LogP contribution < -0.4 is 4.74 Å². The van der Waals surface area contributed by atoms with E-state index in [4.69, 9.17) is 4.74 Å². The van der Waals surface area contributed by atoms with Crippen molar-refractivity contribution < 1.29 is 9.53 Å². The third-order valence-corrected chi connectivity index (χ3v) is 5.01. The second kappa shape index (κ2) is 7.17. The number of hydrogen-bond donors (Lipinski definition) is 0. The van der Waals surface area contributed by atoms with Gasteiger partial charge >= 0.3 is 0 Å². The monoisotopic (exact) mass is 375 g/mol. The van der Waals surface area contributed by atoms with Crippen molar-refractivity contribution in [1.29, 1.82) is 0 Å². The summed E-state index contributed by atoms with van der Waals surface area (Å²) in [6, 6.07) is 17.2. The Bertz CT molecular complexity index is 1110. The second-order valence-corrected chi connectivity index (χ2v) is 7.06. The minimum absolute atomic E-state index is 0.0752. The van der Waals surface area contributed by atoms with Crippen LogP contribution in [0.3, 0.4) is 0 Å². The summed E-state index contributed by atoms with van der Waals surface area (Å²) < 4.78 is 6.07. The maximum absolute atomic E-state index is 12.2. The number of carbonyl (C=O) groups is 1. The molecule has 0 aliphatic carbocycles. The van der Waals surface area contributed by atoms with Crippen LogP contribution >= 0.6 is 11.3 Å². The lowest BCUT2D eigenvalue weighted by Gasteiger charge is -2.12. The lowest BCUT2D eigenvalue weighted by atomic mass is 10.1. The average molecular weight is 375 g/mol. The van der Waals surface area contributed by atoms with Gasteiger partial charge in [0.15, 0.2) is 0 Å². The fourth-order valence-corrected chi connectivity index (χ4v) is 3.72. The fourth-order valence-electron chi connectivity index (χ4n) is 2.82. The van der Waals surface area contributed by atoms with Gasteiger partial charge in [-0.1, -0.05) is 36.4 Å². The minimum Gasteiger partial charge on any atom is -0.438 e. The van der Waals surface area contributed by atoms with Crippen molar-refractivity contribution in [3.05, 3.63) is 71.9 Å². The smallest absolute Gasteiger partial charge is 0.253 e. The summed E-state index contributed by atoms with van der Waals surface area (Å²) in [5.41, 5.74) is 2.68. The lowest BCUT2D eigenvalue weighted by Crippen LogP contribution is -2.21. The molecule has 2 heterocycles. The molecule has 0 atom stereocenters. The van der Waals surface area contributed by atoms with Crippen molar-refractivity contribution in [1.82, 2.24) is 14.9 Å². The van der Waals surface area contributed by atoms with E-state index in [1.165, 1.54) is 11.2 Å². The van der Waals surface area contributed by atoms with Crippen molar-refractivity contribution in [2.75, 3.05) is 14.1 Å². The summed E-state index contributed by atoms with van der Waals surface area (Å²) in [5, 5.41) is 2.94. The molecule has 6 heteroatoms. The van der Waals surface area contributed by atoms with Crippen LogP contribution in [0.4, 0.5) is 0 Å². The van der Waals surface area contributed by atoms with Crippen molar-refractivity contribution in [2.45, 2.75) is 0 Å². The second-order valence-electron chi connectivity index (χ2n) is 6.20. The quantitative estimate of drug-likeness (QED) is 0.511. The van der Waals surface area contributed by atoms with Gasteiger partial charge in [0.1, 0.15) is 16.9 Å². The molecular formula is C21H17N3O2S. The molecule has 4 aromatic rings. The number of thiophene rings is 1. The molecule has 0 unspecified atom stereocenters. The van der Waals surface area contributed by atoms with Gasteiger partial charge in [-0.25, -0.2) is 9.97 Å². The molecule has 134 valence electrons. The minimum atomic E-state index is -0.0752. The summed E-state index contributed by atoms with van der Waals surface area (Å²) in [4.78, 5) is 23.3. The standard InChI is InChI=1S/C21H17N3O2S/c1-24(2)21(25)15-9-6-10-16(11-15)26-19-18-17(14-7-4-3-5-8-14)12-27-20(18)23-13-22-19/h3-13H,1-2H3. The molecule has 0 radical (unpaired) electrons. The molecule has 2 aromatic carbocycles. The van der Waals surface area contributed by atoms with Gasteiger partial charge in [0, 0.05) is 30.6 Å². The Hall–Kier alpha value is -3.25. The Morgan fingerprint density at radius 2 is 1.85 bits per heavy atom.